The Labute approximate surface area is 104 Å². The van der Waals surface area contributed by atoms with Gasteiger partial charge in [0.05, 0.1) is 6.61 Å². The third-order valence-electron chi connectivity index (χ3n) is 3.42. The molecule has 2 atom stereocenters. The van der Waals surface area contributed by atoms with Crippen LogP contribution in [0, 0.1) is 5.92 Å². The summed E-state index contributed by atoms with van der Waals surface area (Å²) in [6, 6.07) is -0.414. The van der Waals surface area contributed by atoms with Crippen molar-refractivity contribution in [1.29, 1.82) is 0 Å². The molecule has 1 rings (SSSR count). The number of nitrogens with zero attached hydrogens (tertiary/aromatic N) is 1. The van der Waals surface area contributed by atoms with Crippen molar-refractivity contribution in [2.45, 2.75) is 52.1 Å². The highest BCUT2D eigenvalue weighted by molar-refractivity contribution is 5.76. The van der Waals surface area contributed by atoms with Crippen molar-refractivity contribution in [3.05, 3.63) is 0 Å². The molecule has 2 N–H and O–H groups in total. The first kappa shape index (κ1) is 14.5. The van der Waals surface area contributed by atoms with Gasteiger partial charge in [-0.25, -0.2) is 0 Å². The summed E-state index contributed by atoms with van der Waals surface area (Å²) in [6.07, 6.45) is 3.70. The molecule has 0 aromatic rings. The van der Waals surface area contributed by atoms with Gasteiger partial charge in [0.1, 0.15) is 6.04 Å². The standard InChI is InChI=1S/C13H26N2O2/c1-4-17-13(16)11(14)12(10(2)3)15-8-6-5-7-9-15/h10-12H,4-9,14H2,1-3H3. The van der Waals surface area contributed by atoms with E-state index < -0.39 is 6.04 Å². The van der Waals surface area contributed by atoms with Crippen LogP contribution < -0.4 is 5.73 Å². The van der Waals surface area contributed by atoms with Crippen molar-refractivity contribution >= 4 is 5.97 Å². The van der Waals surface area contributed by atoms with Crippen molar-refractivity contribution in [2.24, 2.45) is 11.7 Å². The van der Waals surface area contributed by atoms with E-state index in [1.165, 1.54) is 19.3 Å². The van der Waals surface area contributed by atoms with Crippen LogP contribution in [-0.2, 0) is 9.53 Å². The fraction of sp³-hybridized carbons (Fsp3) is 0.923. The molecule has 0 saturated carbocycles. The predicted octanol–water partition coefficient (Wildman–Crippen LogP) is 1.39. The van der Waals surface area contributed by atoms with Gasteiger partial charge in [0.25, 0.3) is 0 Å². The van der Waals surface area contributed by atoms with Crippen LogP contribution >= 0.6 is 0 Å². The molecule has 1 fully saturated rings. The summed E-state index contributed by atoms with van der Waals surface area (Å²) in [5, 5.41) is 0. The number of hydrogen-bond donors (Lipinski definition) is 1. The number of hydrogen-bond acceptors (Lipinski definition) is 4. The molecule has 0 radical (unpaired) electrons. The second-order valence-electron chi connectivity index (χ2n) is 5.11. The summed E-state index contributed by atoms with van der Waals surface area (Å²) in [7, 11) is 0. The number of likely N-dealkylation sites (tertiary alicyclic amines) is 1. The van der Waals surface area contributed by atoms with Crippen LogP contribution in [0.2, 0.25) is 0 Å². The van der Waals surface area contributed by atoms with E-state index in [4.69, 9.17) is 10.5 Å². The molecular formula is C13H26N2O2. The minimum atomic E-state index is -0.520. The Morgan fingerprint density at radius 1 is 1.29 bits per heavy atom. The maximum absolute atomic E-state index is 11.8. The molecule has 0 aromatic carbocycles. The number of piperidine rings is 1. The van der Waals surface area contributed by atoms with E-state index >= 15 is 0 Å². The molecule has 100 valence electrons. The van der Waals surface area contributed by atoms with Crippen LogP contribution in [0.4, 0.5) is 0 Å². The van der Waals surface area contributed by atoms with Crippen molar-refractivity contribution in [3.63, 3.8) is 0 Å². The predicted molar refractivity (Wildman–Crippen MR) is 68.7 cm³/mol. The second-order valence-corrected chi connectivity index (χ2v) is 5.11. The van der Waals surface area contributed by atoms with E-state index in [0.717, 1.165) is 13.1 Å². The van der Waals surface area contributed by atoms with Crippen molar-refractivity contribution in [1.82, 2.24) is 4.90 Å². The molecule has 0 aromatic heterocycles. The lowest BCUT2D eigenvalue weighted by molar-refractivity contribution is -0.147. The van der Waals surface area contributed by atoms with Crippen molar-refractivity contribution < 1.29 is 9.53 Å². The van der Waals surface area contributed by atoms with E-state index in [1.807, 2.05) is 6.92 Å². The van der Waals surface area contributed by atoms with Gasteiger partial charge >= 0.3 is 5.97 Å². The van der Waals surface area contributed by atoms with Gasteiger partial charge in [-0.1, -0.05) is 20.3 Å². The van der Waals surface area contributed by atoms with Crippen molar-refractivity contribution in [2.75, 3.05) is 19.7 Å². The summed E-state index contributed by atoms with van der Waals surface area (Å²) >= 11 is 0. The number of esters is 1. The average molecular weight is 242 g/mol. The van der Waals surface area contributed by atoms with E-state index in [2.05, 4.69) is 18.7 Å². The van der Waals surface area contributed by atoms with Crippen LogP contribution in [0.1, 0.15) is 40.0 Å². The molecule has 0 aliphatic carbocycles. The van der Waals surface area contributed by atoms with Gasteiger partial charge < -0.3 is 10.5 Å². The first-order chi connectivity index (χ1) is 8.07. The Kier molecular flexibility index (Phi) is 5.92. The lowest BCUT2D eigenvalue weighted by atomic mass is 9.93. The molecule has 1 aliphatic rings. The maximum Gasteiger partial charge on any atom is 0.324 e. The van der Waals surface area contributed by atoms with Crippen LogP contribution in [0.25, 0.3) is 0 Å². The third-order valence-corrected chi connectivity index (χ3v) is 3.42. The SMILES string of the molecule is CCOC(=O)C(N)C(C(C)C)N1CCCCC1. The highest BCUT2D eigenvalue weighted by Gasteiger charge is 2.33. The molecule has 4 heteroatoms. The minimum absolute atomic E-state index is 0.106. The molecule has 1 saturated heterocycles. The Morgan fingerprint density at radius 3 is 2.35 bits per heavy atom. The Bertz CT molecular complexity index is 238. The third kappa shape index (κ3) is 3.96. The van der Waals surface area contributed by atoms with Crippen LogP contribution in [-0.4, -0.2) is 42.6 Å². The van der Waals surface area contributed by atoms with E-state index in [1.54, 1.807) is 0 Å². The average Bonchev–Trinajstić information content (AvgIpc) is 2.30. The monoisotopic (exact) mass is 242 g/mol. The summed E-state index contributed by atoms with van der Waals surface area (Å²) in [6.45, 7) is 8.57. The quantitative estimate of drug-likeness (QED) is 0.740. The fourth-order valence-electron chi connectivity index (χ4n) is 2.66. The fourth-order valence-corrected chi connectivity index (χ4v) is 2.66. The maximum atomic E-state index is 11.8. The van der Waals surface area contributed by atoms with Gasteiger partial charge in [-0.2, -0.15) is 0 Å². The second kappa shape index (κ2) is 6.97. The molecule has 0 amide bonds. The number of rotatable bonds is 5. The molecule has 2 unspecified atom stereocenters. The van der Waals surface area contributed by atoms with Crippen LogP contribution in [0.3, 0.4) is 0 Å². The smallest absolute Gasteiger partial charge is 0.324 e. The molecule has 4 nitrogen and oxygen atoms in total. The van der Waals surface area contributed by atoms with Gasteiger partial charge in [0, 0.05) is 6.04 Å². The zero-order chi connectivity index (χ0) is 12.8. The van der Waals surface area contributed by atoms with Gasteiger partial charge in [-0.3, -0.25) is 9.69 Å². The number of carbonyl (C=O) groups is 1. The normalized spacial score (nSPS) is 21.2. The summed E-state index contributed by atoms with van der Waals surface area (Å²) in [5.41, 5.74) is 6.06. The molecule has 1 aliphatic heterocycles. The van der Waals surface area contributed by atoms with Gasteiger partial charge in [-0.15, -0.1) is 0 Å². The Balaban J connectivity index is 2.66. The number of nitrogens with two attached hydrogens (primary N) is 1. The Morgan fingerprint density at radius 2 is 1.88 bits per heavy atom. The zero-order valence-electron chi connectivity index (χ0n) is 11.3. The molecule has 17 heavy (non-hydrogen) atoms. The zero-order valence-corrected chi connectivity index (χ0v) is 11.3. The minimum Gasteiger partial charge on any atom is -0.465 e. The largest absolute Gasteiger partial charge is 0.465 e. The number of ether oxygens (including phenoxy) is 1. The summed E-state index contributed by atoms with van der Waals surface area (Å²) < 4.78 is 5.04. The van der Waals surface area contributed by atoms with Crippen LogP contribution in [0.5, 0.6) is 0 Å². The lowest BCUT2D eigenvalue weighted by Crippen LogP contribution is -2.56. The Hall–Kier alpha value is -0.610. The van der Waals surface area contributed by atoms with Crippen LogP contribution in [0.15, 0.2) is 0 Å². The summed E-state index contributed by atoms with van der Waals surface area (Å²) in [5.74, 6) is 0.101. The van der Waals surface area contributed by atoms with E-state index in [-0.39, 0.29) is 12.0 Å². The first-order valence-corrected chi connectivity index (χ1v) is 6.74. The van der Waals surface area contributed by atoms with Gasteiger partial charge in [0.2, 0.25) is 0 Å². The highest BCUT2D eigenvalue weighted by Crippen LogP contribution is 2.20. The summed E-state index contributed by atoms with van der Waals surface area (Å²) in [4.78, 5) is 14.1. The molecule has 0 bridgehead atoms. The van der Waals surface area contributed by atoms with Crippen molar-refractivity contribution in [3.8, 4) is 0 Å². The topological polar surface area (TPSA) is 55.6 Å². The first-order valence-electron chi connectivity index (χ1n) is 6.74. The molecular weight excluding hydrogens is 216 g/mol. The number of carbonyl (C=O) groups excluding carboxylic acids is 1. The molecule has 1 heterocycles. The van der Waals surface area contributed by atoms with Gasteiger partial charge in [-0.05, 0) is 38.8 Å². The highest BCUT2D eigenvalue weighted by atomic mass is 16.5. The lowest BCUT2D eigenvalue weighted by Gasteiger charge is -2.39. The molecule has 0 spiro atoms. The van der Waals surface area contributed by atoms with E-state index in [0.29, 0.717) is 12.5 Å². The van der Waals surface area contributed by atoms with E-state index in [9.17, 15) is 4.79 Å². The van der Waals surface area contributed by atoms with Gasteiger partial charge in [0.15, 0.2) is 0 Å².